The fourth-order valence-electron chi connectivity index (χ4n) is 4.83. The van der Waals surface area contributed by atoms with E-state index in [1.807, 2.05) is 31.2 Å². The molecule has 0 saturated carbocycles. The van der Waals surface area contributed by atoms with E-state index in [1.165, 1.54) is 5.56 Å². The van der Waals surface area contributed by atoms with Gasteiger partial charge in [-0.2, -0.15) is 5.26 Å². The third kappa shape index (κ3) is 7.35. The van der Waals surface area contributed by atoms with Gasteiger partial charge in [-0.05, 0) is 79.4 Å². The Labute approximate surface area is 240 Å². The Morgan fingerprint density at radius 1 is 0.902 bits per heavy atom. The lowest BCUT2D eigenvalue weighted by atomic mass is 10.0. The second kappa shape index (κ2) is 12.9. The zero-order valence-corrected chi connectivity index (χ0v) is 22.9. The van der Waals surface area contributed by atoms with Gasteiger partial charge in [0.25, 0.3) is 11.8 Å². The van der Waals surface area contributed by atoms with Gasteiger partial charge in [0.1, 0.15) is 5.82 Å². The molecule has 8 nitrogen and oxygen atoms in total. The summed E-state index contributed by atoms with van der Waals surface area (Å²) >= 11 is 0. The lowest BCUT2D eigenvalue weighted by molar-refractivity contribution is 0.101. The highest BCUT2D eigenvalue weighted by Gasteiger charge is 2.20. The number of benzene rings is 3. The molecule has 8 heteroatoms. The number of carbonyl (C=O) groups is 2. The second-order valence-corrected chi connectivity index (χ2v) is 10.2. The van der Waals surface area contributed by atoms with Crippen LogP contribution in [0, 0.1) is 18.3 Å². The summed E-state index contributed by atoms with van der Waals surface area (Å²) < 4.78 is 0. The maximum atomic E-state index is 13.0. The van der Waals surface area contributed by atoms with Crippen molar-refractivity contribution in [2.45, 2.75) is 32.4 Å². The van der Waals surface area contributed by atoms with Crippen molar-refractivity contribution in [1.82, 2.24) is 9.88 Å². The van der Waals surface area contributed by atoms with Gasteiger partial charge < -0.3 is 16.0 Å². The number of aromatic nitrogens is 1. The molecule has 0 aliphatic carbocycles. The summed E-state index contributed by atoms with van der Waals surface area (Å²) in [6, 6.07) is 28.3. The van der Waals surface area contributed by atoms with Crippen LogP contribution >= 0.6 is 0 Å². The summed E-state index contributed by atoms with van der Waals surface area (Å²) in [5.41, 5.74) is 4.71. The second-order valence-electron chi connectivity index (χ2n) is 10.2. The van der Waals surface area contributed by atoms with Crippen LogP contribution in [-0.4, -0.2) is 40.8 Å². The monoisotopic (exact) mass is 544 g/mol. The Hall–Kier alpha value is -5.00. The Kier molecular flexibility index (Phi) is 8.67. The molecule has 1 aliphatic heterocycles. The third-order valence-corrected chi connectivity index (χ3v) is 7.23. The van der Waals surface area contributed by atoms with E-state index in [-0.39, 0.29) is 11.8 Å². The number of carbonyl (C=O) groups excluding carboxylic acids is 2. The minimum atomic E-state index is -0.301. The molecule has 1 saturated heterocycles. The highest BCUT2D eigenvalue weighted by Crippen LogP contribution is 2.23. The van der Waals surface area contributed by atoms with Crippen molar-refractivity contribution in [3.8, 4) is 6.07 Å². The SMILES string of the molecule is Cc1ccc(NC(=O)c2ccc(C#N)cc2)cc1NC(=O)c1ccc(NC2CCN(Cc3ccccc3)CC2)nc1. The van der Waals surface area contributed by atoms with Crippen LogP contribution in [0.25, 0.3) is 0 Å². The molecule has 0 atom stereocenters. The number of piperidine rings is 1. The zero-order valence-electron chi connectivity index (χ0n) is 22.9. The Balaban J connectivity index is 1.13. The van der Waals surface area contributed by atoms with Crippen molar-refractivity contribution < 1.29 is 9.59 Å². The van der Waals surface area contributed by atoms with Crippen molar-refractivity contribution in [2.75, 3.05) is 29.0 Å². The Morgan fingerprint density at radius 3 is 2.29 bits per heavy atom. The molecular weight excluding hydrogens is 512 g/mol. The number of hydrogen-bond donors (Lipinski definition) is 3. The predicted molar refractivity (Wildman–Crippen MR) is 161 cm³/mol. The highest BCUT2D eigenvalue weighted by molar-refractivity contribution is 6.06. The van der Waals surface area contributed by atoms with Crippen molar-refractivity contribution in [1.29, 1.82) is 5.26 Å². The van der Waals surface area contributed by atoms with Crippen molar-refractivity contribution in [3.05, 3.63) is 119 Å². The summed E-state index contributed by atoms with van der Waals surface area (Å²) in [5.74, 6) is 0.175. The molecule has 3 aromatic carbocycles. The summed E-state index contributed by atoms with van der Waals surface area (Å²) in [5, 5.41) is 18.2. The van der Waals surface area contributed by atoms with E-state index in [1.54, 1.807) is 48.7 Å². The molecule has 4 aromatic rings. The molecule has 0 spiro atoms. The van der Waals surface area contributed by atoms with E-state index in [2.05, 4.69) is 50.1 Å². The molecule has 41 heavy (non-hydrogen) atoms. The minimum absolute atomic E-state index is 0.281. The largest absolute Gasteiger partial charge is 0.367 e. The van der Waals surface area contributed by atoms with E-state index in [0.29, 0.717) is 34.1 Å². The lowest BCUT2D eigenvalue weighted by Gasteiger charge is -2.32. The van der Waals surface area contributed by atoms with Crippen LogP contribution in [0.2, 0.25) is 0 Å². The van der Waals surface area contributed by atoms with E-state index in [4.69, 9.17) is 5.26 Å². The fourth-order valence-corrected chi connectivity index (χ4v) is 4.83. The molecule has 0 radical (unpaired) electrons. The first kappa shape index (κ1) is 27.6. The average Bonchev–Trinajstić information content (AvgIpc) is 3.00. The summed E-state index contributed by atoms with van der Waals surface area (Å²) in [7, 11) is 0. The van der Waals surface area contributed by atoms with Gasteiger partial charge in [0, 0.05) is 48.8 Å². The standard InChI is InChI=1S/C33H32N6O2/c1-23-7-13-29(37-32(40)26-10-8-24(20-34)9-11-26)19-30(23)38-33(41)27-12-14-31(35-21-27)36-28-15-17-39(18-16-28)22-25-5-3-2-4-6-25/h2-14,19,21,28H,15-18,22H2,1H3,(H,35,36)(H,37,40)(H,38,41). The molecular formula is C33H32N6O2. The Bertz CT molecular complexity index is 1540. The normalized spacial score (nSPS) is 13.7. The summed E-state index contributed by atoms with van der Waals surface area (Å²) in [4.78, 5) is 32.6. The quantitative estimate of drug-likeness (QED) is 0.257. The van der Waals surface area contributed by atoms with Gasteiger partial charge in [-0.1, -0.05) is 36.4 Å². The number of nitrogens with one attached hydrogen (secondary N) is 3. The molecule has 0 unspecified atom stereocenters. The maximum absolute atomic E-state index is 13.0. The number of amides is 2. The molecule has 1 aliphatic rings. The van der Waals surface area contributed by atoms with Crippen molar-refractivity contribution >= 4 is 29.0 Å². The van der Waals surface area contributed by atoms with Crippen LogP contribution in [-0.2, 0) is 6.54 Å². The molecule has 206 valence electrons. The zero-order chi connectivity index (χ0) is 28.6. The smallest absolute Gasteiger partial charge is 0.257 e. The van der Waals surface area contributed by atoms with E-state index < -0.39 is 0 Å². The maximum Gasteiger partial charge on any atom is 0.257 e. The van der Waals surface area contributed by atoms with E-state index in [9.17, 15) is 9.59 Å². The van der Waals surface area contributed by atoms with Crippen molar-refractivity contribution in [2.24, 2.45) is 0 Å². The number of hydrogen-bond acceptors (Lipinski definition) is 6. The molecule has 5 rings (SSSR count). The average molecular weight is 545 g/mol. The molecule has 3 N–H and O–H groups in total. The Morgan fingerprint density at radius 2 is 1.61 bits per heavy atom. The first-order chi connectivity index (χ1) is 20.0. The predicted octanol–water partition coefficient (Wildman–Crippen LogP) is 5.84. The minimum Gasteiger partial charge on any atom is -0.367 e. The summed E-state index contributed by atoms with van der Waals surface area (Å²) in [6.07, 6.45) is 3.65. The lowest BCUT2D eigenvalue weighted by Crippen LogP contribution is -2.38. The summed E-state index contributed by atoms with van der Waals surface area (Å²) in [6.45, 7) is 4.92. The van der Waals surface area contributed by atoms with Gasteiger partial charge in [0.15, 0.2) is 0 Å². The van der Waals surface area contributed by atoms with Gasteiger partial charge in [0.2, 0.25) is 0 Å². The first-order valence-corrected chi connectivity index (χ1v) is 13.7. The molecule has 1 aromatic heterocycles. The van der Waals surface area contributed by atoms with E-state index in [0.717, 1.165) is 43.9 Å². The van der Waals surface area contributed by atoms with Crippen LogP contribution in [0.4, 0.5) is 17.2 Å². The van der Waals surface area contributed by atoms with Crippen LogP contribution in [0.5, 0.6) is 0 Å². The number of rotatable bonds is 8. The van der Waals surface area contributed by atoms with Crippen LogP contribution < -0.4 is 16.0 Å². The van der Waals surface area contributed by atoms with Crippen LogP contribution in [0.1, 0.15) is 50.2 Å². The number of anilines is 3. The number of likely N-dealkylation sites (tertiary alicyclic amines) is 1. The van der Waals surface area contributed by atoms with Crippen molar-refractivity contribution in [3.63, 3.8) is 0 Å². The fraction of sp³-hybridized carbons (Fsp3) is 0.212. The number of nitrogens with zero attached hydrogens (tertiary/aromatic N) is 3. The first-order valence-electron chi connectivity index (χ1n) is 13.7. The van der Waals surface area contributed by atoms with Gasteiger partial charge in [-0.25, -0.2) is 4.98 Å². The molecule has 0 bridgehead atoms. The highest BCUT2D eigenvalue weighted by atomic mass is 16.2. The molecule has 2 amide bonds. The van der Waals surface area contributed by atoms with E-state index >= 15 is 0 Å². The molecule has 1 fully saturated rings. The molecule has 2 heterocycles. The van der Waals surface area contributed by atoms with Gasteiger partial charge in [-0.3, -0.25) is 14.5 Å². The van der Waals surface area contributed by atoms with Gasteiger partial charge >= 0.3 is 0 Å². The van der Waals surface area contributed by atoms with Gasteiger partial charge in [-0.15, -0.1) is 0 Å². The number of pyridine rings is 1. The number of aryl methyl sites for hydroxylation is 1. The van der Waals surface area contributed by atoms with Crippen LogP contribution in [0.15, 0.2) is 91.1 Å². The third-order valence-electron chi connectivity index (χ3n) is 7.23. The number of nitriles is 1. The van der Waals surface area contributed by atoms with Crippen LogP contribution in [0.3, 0.4) is 0 Å². The van der Waals surface area contributed by atoms with Gasteiger partial charge in [0.05, 0.1) is 17.2 Å². The topological polar surface area (TPSA) is 110 Å².